The van der Waals surface area contributed by atoms with Crippen LogP contribution < -0.4 is 5.73 Å². The molecule has 0 spiro atoms. The maximum Gasteiger partial charge on any atom is 0.137 e. The van der Waals surface area contributed by atoms with Crippen molar-refractivity contribution in [3.63, 3.8) is 0 Å². The van der Waals surface area contributed by atoms with Gasteiger partial charge >= 0.3 is 0 Å². The number of fused-ring (bicyclic) bond motifs is 1. The van der Waals surface area contributed by atoms with Gasteiger partial charge in [0, 0.05) is 6.20 Å². The number of hydrogen-bond acceptors (Lipinski definition) is 2. The summed E-state index contributed by atoms with van der Waals surface area (Å²) >= 11 is 0. The zero-order chi connectivity index (χ0) is 13.3. The first-order chi connectivity index (χ1) is 8.58. The van der Waals surface area contributed by atoms with Gasteiger partial charge in [0.2, 0.25) is 0 Å². The number of nitrogens with two attached hydrogens (primary N) is 1. The second kappa shape index (κ2) is 5.11. The Labute approximate surface area is 109 Å². The number of nitrogens with zero attached hydrogens (tertiary/aromatic N) is 2. The van der Waals surface area contributed by atoms with Crippen molar-refractivity contribution in [2.45, 2.75) is 46.6 Å². The number of rotatable bonds is 4. The summed E-state index contributed by atoms with van der Waals surface area (Å²) in [5.74, 6) is 0.518. The van der Waals surface area contributed by atoms with E-state index in [9.17, 15) is 0 Å². The fraction of sp³-hybridized carbons (Fsp3) is 0.533. The Kier molecular flexibility index (Phi) is 3.71. The lowest BCUT2D eigenvalue weighted by molar-refractivity contribution is 0.396. The predicted octanol–water partition coefficient (Wildman–Crippen LogP) is 3.39. The van der Waals surface area contributed by atoms with E-state index in [0.29, 0.717) is 5.92 Å². The summed E-state index contributed by atoms with van der Waals surface area (Å²) in [6.45, 7) is 8.55. The highest BCUT2D eigenvalue weighted by Crippen LogP contribution is 2.28. The average Bonchev–Trinajstić information content (AvgIpc) is 2.65. The molecule has 98 valence electrons. The molecule has 0 amide bonds. The van der Waals surface area contributed by atoms with Gasteiger partial charge in [-0.3, -0.25) is 0 Å². The molecule has 2 aromatic rings. The lowest BCUT2D eigenvalue weighted by atomic mass is 9.92. The smallest absolute Gasteiger partial charge is 0.137 e. The van der Waals surface area contributed by atoms with Crippen molar-refractivity contribution in [2.75, 3.05) is 0 Å². The first-order valence-electron chi connectivity index (χ1n) is 6.79. The Morgan fingerprint density at radius 2 is 1.94 bits per heavy atom. The highest BCUT2D eigenvalue weighted by Gasteiger charge is 2.22. The van der Waals surface area contributed by atoms with Crippen LogP contribution in [0.4, 0.5) is 0 Å². The third-order valence-electron chi connectivity index (χ3n) is 3.87. The predicted molar refractivity (Wildman–Crippen MR) is 75.7 cm³/mol. The molecular weight excluding hydrogens is 222 g/mol. The maximum absolute atomic E-state index is 6.45. The van der Waals surface area contributed by atoms with Gasteiger partial charge in [0.05, 0.1) is 17.4 Å². The second-order valence-electron chi connectivity index (χ2n) is 5.12. The fourth-order valence-corrected chi connectivity index (χ4v) is 2.70. The Morgan fingerprint density at radius 1 is 1.28 bits per heavy atom. The standard InChI is InChI=1S/C15H23N3/c1-5-12(6-2)14(16)15-11(4)17-13-9-10(3)7-8-18(13)15/h7-9,12,14H,5-6,16H2,1-4H3. The van der Waals surface area contributed by atoms with E-state index < -0.39 is 0 Å². The minimum atomic E-state index is 0.0673. The highest BCUT2D eigenvalue weighted by atomic mass is 15.0. The van der Waals surface area contributed by atoms with Gasteiger partial charge in [-0.15, -0.1) is 0 Å². The third-order valence-corrected chi connectivity index (χ3v) is 3.87. The lowest BCUT2D eigenvalue weighted by Gasteiger charge is -2.21. The maximum atomic E-state index is 6.45. The molecule has 0 radical (unpaired) electrons. The molecule has 0 aromatic carbocycles. The van der Waals surface area contributed by atoms with Gasteiger partial charge in [-0.25, -0.2) is 4.98 Å². The number of aryl methyl sites for hydroxylation is 2. The SMILES string of the molecule is CCC(CC)C(N)c1c(C)nc2cc(C)ccn12. The van der Waals surface area contributed by atoms with Gasteiger partial charge in [-0.1, -0.05) is 26.7 Å². The molecule has 0 saturated heterocycles. The van der Waals surface area contributed by atoms with E-state index in [1.807, 2.05) is 0 Å². The van der Waals surface area contributed by atoms with Crippen LogP contribution in [0.25, 0.3) is 5.65 Å². The molecule has 3 heteroatoms. The van der Waals surface area contributed by atoms with Crippen LogP contribution in [0.2, 0.25) is 0 Å². The van der Waals surface area contributed by atoms with E-state index in [-0.39, 0.29) is 6.04 Å². The topological polar surface area (TPSA) is 43.3 Å². The molecule has 2 heterocycles. The van der Waals surface area contributed by atoms with Crippen LogP contribution in [0.1, 0.15) is 49.7 Å². The molecule has 3 nitrogen and oxygen atoms in total. The molecule has 2 aromatic heterocycles. The largest absolute Gasteiger partial charge is 0.322 e. The van der Waals surface area contributed by atoms with E-state index in [2.05, 4.69) is 55.4 Å². The van der Waals surface area contributed by atoms with Crippen molar-refractivity contribution < 1.29 is 0 Å². The number of aromatic nitrogens is 2. The van der Waals surface area contributed by atoms with Crippen LogP contribution in [0.3, 0.4) is 0 Å². The Hall–Kier alpha value is -1.35. The summed E-state index contributed by atoms with van der Waals surface area (Å²) in [6.07, 6.45) is 4.30. The second-order valence-corrected chi connectivity index (χ2v) is 5.12. The van der Waals surface area contributed by atoms with Crippen molar-refractivity contribution in [3.8, 4) is 0 Å². The van der Waals surface area contributed by atoms with Gasteiger partial charge in [0.15, 0.2) is 0 Å². The van der Waals surface area contributed by atoms with E-state index in [1.165, 1.54) is 11.3 Å². The average molecular weight is 245 g/mol. The van der Waals surface area contributed by atoms with Crippen LogP contribution in [0, 0.1) is 19.8 Å². The summed E-state index contributed by atoms with van der Waals surface area (Å²) < 4.78 is 2.14. The van der Waals surface area contributed by atoms with Gasteiger partial charge < -0.3 is 10.1 Å². The van der Waals surface area contributed by atoms with Crippen LogP contribution in [-0.2, 0) is 0 Å². The molecule has 2 rings (SSSR count). The summed E-state index contributed by atoms with van der Waals surface area (Å²) in [5.41, 5.74) is 10.9. The summed E-state index contributed by atoms with van der Waals surface area (Å²) in [7, 11) is 0. The van der Waals surface area contributed by atoms with Crippen molar-refractivity contribution in [1.82, 2.24) is 9.38 Å². The van der Waals surface area contributed by atoms with Crippen molar-refractivity contribution in [1.29, 1.82) is 0 Å². The van der Waals surface area contributed by atoms with E-state index in [0.717, 1.165) is 24.2 Å². The molecule has 0 aliphatic heterocycles. The molecule has 0 aliphatic rings. The van der Waals surface area contributed by atoms with Crippen molar-refractivity contribution >= 4 is 5.65 Å². The Balaban J connectivity index is 2.53. The Morgan fingerprint density at radius 3 is 2.56 bits per heavy atom. The molecule has 1 unspecified atom stereocenters. The van der Waals surface area contributed by atoms with E-state index in [4.69, 9.17) is 5.73 Å². The van der Waals surface area contributed by atoms with E-state index in [1.54, 1.807) is 0 Å². The summed E-state index contributed by atoms with van der Waals surface area (Å²) in [4.78, 5) is 4.63. The van der Waals surface area contributed by atoms with Gasteiger partial charge in [-0.2, -0.15) is 0 Å². The third kappa shape index (κ3) is 2.15. The van der Waals surface area contributed by atoms with Crippen molar-refractivity contribution in [3.05, 3.63) is 35.3 Å². The molecule has 2 N–H and O–H groups in total. The molecule has 0 saturated carbocycles. The molecule has 0 bridgehead atoms. The number of imidazole rings is 1. The molecular formula is C15H23N3. The summed E-state index contributed by atoms with van der Waals surface area (Å²) in [6, 6.07) is 4.28. The molecule has 18 heavy (non-hydrogen) atoms. The van der Waals surface area contributed by atoms with Gasteiger partial charge in [0.1, 0.15) is 5.65 Å². The van der Waals surface area contributed by atoms with Crippen molar-refractivity contribution in [2.24, 2.45) is 11.7 Å². The number of hydrogen-bond donors (Lipinski definition) is 1. The first kappa shape index (κ1) is 13.1. The minimum Gasteiger partial charge on any atom is -0.322 e. The highest BCUT2D eigenvalue weighted by molar-refractivity contribution is 5.46. The minimum absolute atomic E-state index is 0.0673. The monoisotopic (exact) mass is 245 g/mol. The fourth-order valence-electron chi connectivity index (χ4n) is 2.70. The molecule has 1 atom stereocenters. The first-order valence-corrected chi connectivity index (χ1v) is 6.79. The molecule has 0 aliphatic carbocycles. The van der Waals surface area contributed by atoms with Gasteiger partial charge in [-0.05, 0) is 37.5 Å². The van der Waals surface area contributed by atoms with Crippen LogP contribution >= 0.6 is 0 Å². The number of pyridine rings is 1. The zero-order valence-corrected chi connectivity index (χ0v) is 11.8. The zero-order valence-electron chi connectivity index (χ0n) is 11.8. The quantitative estimate of drug-likeness (QED) is 0.897. The summed E-state index contributed by atoms with van der Waals surface area (Å²) in [5, 5.41) is 0. The van der Waals surface area contributed by atoms with Crippen LogP contribution in [0.15, 0.2) is 18.3 Å². The lowest BCUT2D eigenvalue weighted by Crippen LogP contribution is -2.22. The van der Waals surface area contributed by atoms with Gasteiger partial charge in [0.25, 0.3) is 0 Å². The normalized spacial score (nSPS) is 13.4. The molecule has 0 fully saturated rings. The van der Waals surface area contributed by atoms with Crippen LogP contribution in [-0.4, -0.2) is 9.38 Å². The Bertz CT molecular complexity index is 538. The van der Waals surface area contributed by atoms with Crippen LogP contribution in [0.5, 0.6) is 0 Å². The van der Waals surface area contributed by atoms with E-state index >= 15 is 0 Å².